The Bertz CT molecular complexity index is 380. The minimum atomic E-state index is -0.295. The Balaban J connectivity index is 2.42. The van der Waals surface area contributed by atoms with E-state index in [1.165, 1.54) is 12.1 Å². The molecule has 0 radical (unpaired) electrons. The highest BCUT2D eigenvalue weighted by molar-refractivity contribution is 5.30. The molecule has 1 unspecified atom stereocenters. The highest BCUT2D eigenvalue weighted by atomic mass is 19.1. The van der Waals surface area contributed by atoms with Crippen molar-refractivity contribution in [3.63, 3.8) is 0 Å². The van der Waals surface area contributed by atoms with Crippen molar-refractivity contribution in [2.75, 3.05) is 19.8 Å². The number of nitrogens with two attached hydrogens (primary N) is 1. The number of benzene rings is 1. The predicted octanol–water partition coefficient (Wildman–Crippen LogP) is 2.77. The first-order valence-corrected chi connectivity index (χ1v) is 6.73. The van der Waals surface area contributed by atoms with E-state index in [1.807, 2.05) is 13.0 Å². The molecule has 0 aromatic heterocycles. The summed E-state index contributed by atoms with van der Waals surface area (Å²) in [6.07, 6.45) is 0.637. The molecule has 4 heteroatoms. The van der Waals surface area contributed by atoms with E-state index in [-0.39, 0.29) is 11.9 Å². The van der Waals surface area contributed by atoms with Crippen LogP contribution in [0.1, 0.15) is 26.3 Å². The third-order valence-electron chi connectivity index (χ3n) is 2.44. The third kappa shape index (κ3) is 7.13. The van der Waals surface area contributed by atoms with E-state index in [4.69, 9.17) is 15.2 Å². The molecule has 0 bridgehead atoms. The fourth-order valence-electron chi connectivity index (χ4n) is 1.73. The Kier molecular flexibility index (Phi) is 6.81. The van der Waals surface area contributed by atoms with Crippen molar-refractivity contribution in [2.24, 2.45) is 11.7 Å². The second kappa shape index (κ2) is 8.12. The van der Waals surface area contributed by atoms with Gasteiger partial charge >= 0.3 is 0 Å². The maximum absolute atomic E-state index is 13.4. The Hall–Kier alpha value is -1.13. The summed E-state index contributed by atoms with van der Waals surface area (Å²) in [6, 6.07) is 4.71. The number of hydrogen-bond donors (Lipinski definition) is 1. The molecule has 2 N–H and O–H groups in total. The molecule has 1 aromatic carbocycles. The number of hydrogen-bond acceptors (Lipinski definition) is 3. The zero-order valence-electron chi connectivity index (χ0n) is 12.0. The summed E-state index contributed by atoms with van der Waals surface area (Å²) in [5.41, 5.74) is 6.56. The number of ether oxygens (including phenoxy) is 2. The first-order chi connectivity index (χ1) is 8.97. The summed E-state index contributed by atoms with van der Waals surface area (Å²) in [6.45, 7) is 7.72. The minimum Gasteiger partial charge on any atom is -0.491 e. The summed E-state index contributed by atoms with van der Waals surface area (Å²) >= 11 is 0. The predicted molar refractivity (Wildman–Crippen MR) is 74.9 cm³/mol. The van der Waals surface area contributed by atoms with Gasteiger partial charge in [-0.25, -0.2) is 4.39 Å². The molecule has 3 nitrogen and oxygen atoms in total. The normalized spacial score (nSPS) is 12.7. The van der Waals surface area contributed by atoms with Gasteiger partial charge in [-0.3, -0.25) is 0 Å². The molecular weight excluding hydrogens is 245 g/mol. The van der Waals surface area contributed by atoms with Crippen LogP contribution < -0.4 is 10.5 Å². The van der Waals surface area contributed by atoms with Crippen molar-refractivity contribution < 1.29 is 13.9 Å². The monoisotopic (exact) mass is 269 g/mol. The van der Waals surface area contributed by atoms with Gasteiger partial charge in [-0.2, -0.15) is 0 Å². The van der Waals surface area contributed by atoms with E-state index in [9.17, 15) is 4.39 Å². The van der Waals surface area contributed by atoms with Crippen molar-refractivity contribution in [1.29, 1.82) is 0 Å². The Morgan fingerprint density at radius 2 is 1.89 bits per heavy atom. The quantitative estimate of drug-likeness (QED) is 0.738. The van der Waals surface area contributed by atoms with Crippen LogP contribution in [0.4, 0.5) is 4.39 Å². The molecule has 0 fully saturated rings. The van der Waals surface area contributed by atoms with Crippen molar-refractivity contribution in [2.45, 2.75) is 33.2 Å². The summed E-state index contributed by atoms with van der Waals surface area (Å²) in [4.78, 5) is 0. The smallest absolute Gasteiger partial charge is 0.127 e. The summed E-state index contributed by atoms with van der Waals surface area (Å²) in [5, 5.41) is 0. The molecule has 0 heterocycles. The molecular formula is C15H24FNO2. The molecule has 1 rings (SSSR count). The Morgan fingerprint density at radius 1 is 1.16 bits per heavy atom. The molecule has 0 aliphatic heterocycles. The van der Waals surface area contributed by atoms with Crippen LogP contribution in [-0.2, 0) is 11.2 Å². The van der Waals surface area contributed by atoms with Gasteiger partial charge in [-0.15, -0.1) is 0 Å². The summed E-state index contributed by atoms with van der Waals surface area (Å²) in [5.74, 6) is 0.742. The van der Waals surface area contributed by atoms with Gasteiger partial charge in [-0.1, -0.05) is 13.8 Å². The highest BCUT2D eigenvalue weighted by Gasteiger charge is 2.04. The van der Waals surface area contributed by atoms with E-state index < -0.39 is 0 Å². The van der Waals surface area contributed by atoms with Crippen LogP contribution in [0.2, 0.25) is 0 Å². The van der Waals surface area contributed by atoms with Gasteiger partial charge in [-0.05, 0) is 37.0 Å². The maximum Gasteiger partial charge on any atom is 0.127 e. The Morgan fingerprint density at radius 3 is 2.53 bits per heavy atom. The number of halogens is 1. The van der Waals surface area contributed by atoms with Crippen LogP contribution in [0, 0.1) is 11.7 Å². The first-order valence-electron chi connectivity index (χ1n) is 6.73. The van der Waals surface area contributed by atoms with Crippen LogP contribution >= 0.6 is 0 Å². The molecule has 108 valence electrons. The van der Waals surface area contributed by atoms with E-state index in [2.05, 4.69) is 13.8 Å². The Labute approximate surface area is 114 Å². The van der Waals surface area contributed by atoms with Crippen LogP contribution in [0.25, 0.3) is 0 Å². The summed E-state index contributed by atoms with van der Waals surface area (Å²) < 4.78 is 24.3. The average Bonchev–Trinajstić information content (AvgIpc) is 2.26. The van der Waals surface area contributed by atoms with Gasteiger partial charge in [0.25, 0.3) is 0 Å². The first kappa shape index (κ1) is 15.9. The lowest BCUT2D eigenvalue weighted by molar-refractivity contribution is 0.0818. The maximum atomic E-state index is 13.4. The minimum absolute atomic E-state index is 0.00373. The van der Waals surface area contributed by atoms with Gasteiger partial charge in [0.15, 0.2) is 0 Å². The van der Waals surface area contributed by atoms with Crippen LogP contribution in [0.15, 0.2) is 18.2 Å². The van der Waals surface area contributed by atoms with Gasteiger partial charge in [0.05, 0.1) is 6.61 Å². The molecule has 1 aromatic rings. The van der Waals surface area contributed by atoms with Crippen molar-refractivity contribution in [3.8, 4) is 5.75 Å². The molecule has 0 saturated carbocycles. The fraction of sp³-hybridized carbons (Fsp3) is 0.600. The van der Waals surface area contributed by atoms with Crippen LogP contribution in [-0.4, -0.2) is 25.9 Å². The molecule has 0 amide bonds. The second-order valence-corrected chi connectivity index (χ2v) is 5.29. The van der Waals surface area contributed by atoms with Crippen molar-refractivity contribution in [3.05, 3.63) is 29.6 Å². The average molecular weight is 269 g/mol. The van der Waals surface area contributed by atoms with Gasteiger partial charge in [0.2, 0.25) is 0 Å². The lowest BCUT2D eigenvalue weighted by atomic mass is 10.1. The van der Waals surface area contributed by atoms with Crippen LogP contribution in [0.3, 0.4) is 0 Å². The van der Waals surface area contributed by atoms with E-state index in [0.717, 1.165) is 5.56 Å². The van der Waals surface area contributed by atoms with Gasteiger partial charge < -0.3 is 15.2 Å². The van der Waals surface area contributed by atoms with E-state index in [1.54, 1.807) is 0 Å². The largest absolute Gasteiger partial charge is 0.491 e. The third-order valence-corrected chi connectivity index (χ3v) is 2.44. The standard InChI is InChI=1S/C15H24FNO2/c1-11(2)10-18-4-5-19-15-8-13(6-12(3)17)7-14(16)9-15/h7-9,11-12H,4-6,10,17H2,1-3H3. The lowest BCUT2D eigenvalue weighted by Crippen LogP contribution is -2.18. The summed E-state index contributed by atoms with van der Waals surface area (Å²) in [7, 11) is 0. The van der Waals surface area contributed by atoms with Crippen LogP contribution in [0.5, 0.6) is 5.75 Å². The SMILES string of the molecule is CC(C)COCCOc1cc(F)cc(CC(C)N)c1. The molecule has 0 saturated heterocycles. The van der Waals surface area contributed by atoms with E-state index >= 15 is 0 Å². The lowest BCUT2D eigenvalue weighted by Gasteiger charge is -2.11. The molecule has 1 atom stereocenters. The highest BCUT2D eigenvalue weighted by Crippen LogP contribution is 2.17. The van der Waals surface area contributed by atoms with Gasteiger partial charge in [0.1, 0.15) is 18.2 Å². The topological polar surface area (TPSA) is 44.5 Å². The molecule has 19 heavy (non-hydrogen) atoms. The molecule has 0 aliphatic rings. The molecule has 0 aliphatic carbocycles. The zero-order valence-corrected chi connectivity index (χ0v) is 12.0. The fourth-order valence-corrected chi connectivity index (χ4v) is 1.73. The van der Waals surface area contributed by atoms with E-state index in [0.29, 0.717) is 37.9 Å². The zero-order chi connectivity index (χ0) is 14.3. The second-order valence-electron chi connectivity index (χ2n) is 5.29. The molecule has 0 spiro atoms. The van der Waals surface area contributed by atoms with Crippen molar-refractivity contribution in [1.82, 2.24) is 0 Å². The number of rotatable bonds is 8. The van der Waals surface area contributed by atoms with Gasteiger partial charge in [0, 0.05) is 18.7 Å². The van der Waals surface area contributed by atoms with Crippen molar-refractivity contribution >= 4 is 0 Å².